The molecule has 0 aliphatic heterocycles. The molecule has 1 fully saturated rings. The van der Waals surface area contributed by atoms with E-state index in [1.54, 1.807) is 0 Å². The fraction of sp³-hybridized carbons (Fsp3) is 0.538. The number of hydrogen-bond acceptors (Lipinski definition) is 1. The predicted octanol–water partition coefficient (Wildman–Crippen LogP) is 3.50. The number of nitrogens with two attached hydrogens (primary N) is 1. The molecule has 2 heteroatoms. The van der Waals surface area contributed by atoms with Gasteiger partial charge in [0.1, 0.15) is 0 Å². The van der Waals surface area contributed by atoms with E-state index in [2.05, 4.69) is 32.0 Å². The van der Waals surface area contributed by atoms with Gasteiger partial charge in [0.2, 0.25) is 0 Å². The van der Waals surface area contributed by atoms with Crippen LogP contribution < -0.4 is 5.73 Å². The van der Waals surface area contributed by atoms with Crippen molar-refractivity contribution in [3.05, 3.63) is 34.3 Å². The molecule has 1 saturated carbocycles. The molecule has 1 nitrogen and oxygen atoms in total. The fourth-order valence-corrected chi connectivity index (χ4v) is 2.31. The first-order chi connectivity index (χ1) is 7.00. The quantitative estimate of drug-likeness (QED) is 0.834. The minimum absolute atomic E-state index is 0.0721. The lowest BCUT2D eigenvalue weighted by Gasteiger charge is -2.12. The van der Waals surface area contributed by atoms with Crippen molar-refractivity contribution in [1.29, 1.82) is 0 Å². The van der Waals surface area contributed by atoms with Crippen molar-refractivity contribution in [2.45, 2.75) is 44.6 Å². The van der Waals surface area contributed by atoms with Crippen molar-refractivity contribution in [2.75, 3.05) is 0 Å². The predicted molar refractivity (Wildman–Crippen MR) is 65.4 cm³/mol. The highest BCUT2D eigenvalue weighted by Gasteiger charge is 2.37. The van der Waals surface area contributed by atoms with E-state index >= 15 is 0 Å². The standard InChI is InChI=1S/C13H18ClN/c1-9(2)11-4-3-10(7-12(11)14)8-13(15)5-6-13/h3-4,7,9H,5-6,8,15H2,1-2H3. The highest BCUT2D eigenvalue weighted by atomic mass is 35.5. The molecule has 0 bridgehead atoms. The molecule has 0 aromatic heterocycles. The molecule has 82 valence electrons. The number of halogens is 1. The Hall–Kier alpha value is -0.530. The Bertz CT molecular complexity index is 367. The summed E-state index contributed by atoms with van der Waals surface area (Å²) in [6.07, 6.45) is 3.26. The molecule has 1 aromatic rings. The third-order valence-electron chi connectivity index (χ3n) is 3.14. The van der Waals surface area contributed by atoms with Gasteiger partial charge in [-0.15, -0.1) is 0 Å². The Morgan fingerprint density at radius 1 is 1.40 bits per heavy atom. The smallest absolute Gasteiger partial charge is 0.0443 e. The van der Waals surface area contributed by atoms with Crippen LogP contribution in [0.4, 0.5) is 0 Å². The van der Waals surface area contributed by atoms with Crippen LogP contribution in [0.15, 0.2) is 18.2 Å². The first kappa shape index (κ1) is 11.0. The lowest BCUT2D eigenvalue weighted by Crippen LogP contribution is -2.24. The summed E-state index contributed by atoms with van der Waals surface area (Å²) in [5.74, 6) is 0.485. The van der Waals surface area contributed by atoms with E-state index in [9.17, 15) is 0 Å². The summed E-state index contributed by atoms with van der Waals surface area (Å²) in [5, 5.41) is 0.881. The molecule has 15 heavy (non-hydrogen) atoms. The number of hydrogen-bond donors (Lipinski definition) is 1. The van der Waals surface area contributed by atoms with Crippen LogP contribution in [-0.2, 0) is 6.42 Å². The van der Waals surface area contributed by atoms with Crippen molar-refractivity contribution in [1.82, 2.24) is 0 Å². The van der Waals surface area contributed by atoms with Crippen LogP contribution in [0.3, 0.4) is 0 Å². The summed E-state index contributed by atoms with van der Waals surface area (Å²) in [7, 11) is 0. The maximum Gasteiger partial charge on any atom is 0.0443 e. The molecule has 2 N–H and O–H groups in total. The van der Waals surface area contributed by atoms with Crippen molar-refractivity contribution in [3.63, 3.8) is 0 Å². The molecule has 0 heterocycles. The maximum atomic E-state index is 6.23. The molecule has 1 aliphatic rings. The zero-order chi connectivity index (χ0) is 11.1. The van der Waals surface area contributed by atoms with Gasteiger partial charge in [-0.2, -0.15) is 0 Å². The Labute approximate surface area is 96.6 Å². The molecular formula is C13H18ClN. The van der Waals surface area contributed by atoms with Gasteiger partial charge in [0.15, 0.2) is 0 Å². The van der Waals surface area contributed by atoms with Crippen molar-refractivity contribution in [2.24, 2.45) is 5.73 Å². The zero-order valence-corrected chi connectivity index (χ0v) is 10.1. The summed E-state index contributed by atoms with van der Waals surface area (Å²) in [4.78, 5) is 0. The van der Waals surface area contributed by atoms with Crippen molar-refractivity contribution in [3.8, 4) is 0 Å². The monoisotopic (exact) mass is 223 g/mol. The van der Waals surface area contributed by atoms with E-state index in [1.165, 1.54) is 11.1 Å². The maximum absolute atomic E-state index is 6.23. The highest BCUT2D eigenvalue weighted by Crippen LogP contribution is 2.36. The summed E-state index contributed by atoms with van der Waals surface area (Å²) in [6.45, 7) is 4.32. The van der Waals surface area contributed by atoms with Crippen LogP contribution in [-0.4, -0.2) is 5.54 Å². The molecule has 0 saturated heterocycles. The lowest BCUT2D eigenvalue weighted by molar-refractivity contribution is 0.672. The fourth-order valence-electron chi connectivity index (χ4n) is 1.89. The van der Waals surface area contributed by atoms with Crippen LogP contribution in [0.5, 0.6) is 0 Å². The van der Waals surface area contributed by atoms with E-state index in [-0.39, 0.29) is 5.54 Å². The van der Waals surface area contributed by atoms with Gasteiger partial charge in [0.25, 0.3) is 0 Å². The van der Waals surface area contributed by atoms with Crippen LogP contribution in [0.1, 0.15) is 43.7 Å². The number of rotatable bonds is 3. The summed E-state index contributed by atoms with van der Waals surface area (Å²) in [5.41, 5.74) is 8.65. The van der Waals surface area contributed by atoms with Gasteiger partial charge in [-0.1, -0.05) is 37.6 Å². The minimum Gasteiger partial charge on any atom is -0.325 e. The van der Waals surface area contributed by atoms with E-state index in [0.717, 1.165) is 24.3 Å². The van der Waals surface area contributed by atoms with Gasteiger partial charge < -0.3 is 5.73 Å². The van der Waals surface area contributed by atoms with Gasteiger partial charge in [0, 0.05) is 10.6 Å². The Morgan fingerprint density at radius 2 is 2.07 bits per heavy atom. The van der Waals surface area contributed by atoms with Gasteiger partial charge >= 0.3 is 0 Å². The second-order valence-electron chi connectivity index (χ2n) is 5.05. The van der Waals surface area contributed by atoms with E-state index < -0.39 is 0 Å². The van der Waals surface area contributed by atoms with Crippen LogP contribution in [0, 0.1) is 0 Å². The molecule has 0 spiro atoms. The minimum atomic E-state index is 0.0721. The first-order valence-electron chi connectivity index (χ1n) is 5.57. The molecule has 0 unspecified atom stereocenters. The van der Waals surface area contributed by atoms with Crippen LogP contribution in [0.25, 0.3) is 0 Å². The normalized spacial score (nSPS) is 18.2. The SMILES string of the molecule is CC(C)c1ccc(CC2(N)CC2)cc1Cl. The topological polar surface area (TPSA) is 26.0 Å². The van der Waals surface area contributed by atoms with Crippen LogP contribution in [0.2, 0.25) is 5.02 Å². The van der Waals surface area contributed by atoms with Crippen molar-refractivity contribution >= 4 is 11.6 Å². The lowest BCUT2D eigenvalue weighted by atomic mass is 9.98. The number of benzene rings is 1. The zero-order valence-electron chi connectivity index (χ0n) is 9.39. The Morgan fingerprint density at radius 3 is 2.53 bits per heavy atom. The first-order valence-corrected chi connectivity index (χ1v) is 5.95. The molecule has 0 amide bonds. The van der Waals surface area contributed by atoms with Gasteiger partial charge in [-0.05, 0) is 42.4 Å². The summed E-state index contributed by atoms with van der Waals surface area (Å²) >= 11 is 6.23. The van der Waals surface area contributed by atoms with Gasteiger partial charge in [-0.3, -0.25) is 0 Å². The largest absolute Gasteiger partial charge is 0.325 e. The second-order valence-corrected chi connectivity index (χ2v) is 5.46. The van der Waals surface area contributed by atoms with E-state index in [1.807, 2.05) is 0 Å². The molecule has 1 aliphatic carbocycles. The Balaban J connectivity index is 2.17. The third-order valence-corrected chi connectivity index (χ3v) is 3.46. The highest BCUT2D eigenvalue weighted by molar-refractivity contribution is 6.31. The van der Waals surface area contributed by atoms with E-state index in [0.29, 0.717) is 5.92 Å². The van der Waals surface area contributed by atoms with Crippen LogP contribution >= 0.6 is 11.6 Å². The molecule has 0 atom stereocenters. The Kier molecular flexibility index (Phi) is 2.78. The molecule has 0 radical (unpaired) electrons. The van der Waals surface area contributed by atoms with Crippen molar-refractivity contribution < 1.29 is 0 Å². The average molecular weight is 224 g/mol. The third kappa shape index (κ3) is 2.53. The molecule has 1 aromatic carbocycles. The summed E-state index contributed by atoms with van der Waals surface area (Å²) < 4.78 is 0. The average Bonchev–Trinajstić information content (AvgIpc) is 2.82. The summed E-state index contributed by atoms with van der Waals surface area (Å²) in [6, 6.07) is 6.37. The van der Waals surface area contributed by atoms with E-state index in [4.69, 9.17) is 17.3 Å². The molecule has 2 rings (SSSR count). The second kappa shape index (κ2) is 3.80. The van der Waals surface area contributed by atoms with Gasteiger partial charge in [0.05, 0.1) is 0 Å². The molecular weight excluding hydrogens is 206 g/mol. The van der Waals surface area contributed by atoms with Gasteiger partial charge in [-0.25, -0.2) is 0 Å².